The standard InChI is InChI=1S/C19H17FN8OS/c1-11-4-3-5-13(8-11)18-23-24-19(30)27(18)10-17(29)21-14-6-7-15(20)16(9-14)28-12(2)22-25-26-28/h3-9H,10H2,1-2H3,(H,21,29)(H,24,30). The fraction of sp³-hybridized carbons (Fsp3) is 0.158. The minimum atomic E-state index is -0.512. The minimum Gasteiger partial charge on any atom is -0.324 e. The Balaban J connectivity index is 1.58. The maximum Gasteiger partial charge on any atom is 0.244 e. The molecule has 2 aromatic carbocycles. The van der Waals surface area contributed by atoms with Crippen LogP contribution in [0.4, 0.5) is 10.1 Å². The van der Waals surface area contributed by atoms with Crippen LogP contribution in [0.5, 0.6) is 0 Å². The molecule has 0 bridgehead atoms. The predicted octanol–water partition coefficient (Wildman–Crippen LogP) is 2.98. The summed E-state index contributed by atoms with van der Waals surface area (Å²) in [6.45, 7) is 3.56. The Morgan fingerprint density at radius 1 is 1.23 bits per heavy atom. The number of hydrogen-bond donors (Lipinski definition) is 2. The number of carbonyl (C=O) groups is 1. The van der Waals surface area contributed by atoms with Gasteiger partial charge in [0.15, 0.2) is 16.4 Å². The van der Waals surface area contributed by atoms with Gasteiger partial charge in [0.1, 0.15) is 18.0 Å². The fourth-order valence-electron chi connectivity index (χ4n) is 3.02. The number of H-pyrrole nitrogens is 1. The first-order valence-electron chi connectivity index (χ1n) is 8.99. The molecule has 0 unspecified atom stereocenters. The molecule has 0 radical (unpaired) electrons. The van der Waals surface area contributed by atoms with Gasteiger partial charge in [0, 0.05) is 11.3 Å². The number of tetrazole rings is 1. The van der Waals surface area contributed by atoms with Crippen molar-refractivity contribution in [2.75, 3.05) is 5.32 Å². The van der Waals surface area contributed by atoms with E-state index in [4.69, 9.17) is 12.2 Å². The average molecular weight is 424 g/mol. The number of aromatic amines is 1. The molecule has 152 valence electrons. The highest BCUT2D eigenvalue weighted by molar-refractivity contribution is 7.71. The van der Waals surface area contributed by atoms with E-state index >= 15 is 0 Å². The van der Waals surface area contributed by atoms with Gasteiger partial charge in [-0.1, -0.05) is 23.8 Å². The summed E-state index contributed by atoms with van der Waals surface area (Å²) in [4.78, 5) is 12.7. The van der Waals surface area contributed by atoms with Gasteiger partial charge >= 0.3 is 0 Å². The first kappa shape index (κ1) is 19.6. The van der Waals surface area contributed by atoms with Gasteiger partial charge in [-0.25, -0.2) is 4.39 Å². The lowest BCUT2D eigenvalue weighted by atomic mass is 10.1. The number of anilines is 1. The molecule has 2 aromatic heterocycles. The topological polar surface area (TPSA) is 106 Å². The Kier molecular flexibility index (Phi) is 5.19. The zero-order chi connectivity index (χ0) is 21.3. The maximum absolute atomic E-state index is 14.2. The van der Waals surface area contributed by atoms with E-state index < -0.39 is 5.82 Å². The minimum absolute atomic E-state index is 0.0603. The second kappa shape index (κ2) is 7.95. The number of hydrogen-bond acceptors (Lipinski definition) is 6. The first-order chi connectivity index (χ1) is 14.4. The fourth-order valence-corrected chi connectivity index (χ4v) is 3.22. The molecule has 4 aromatic rings. The first-order valence-corrected chi connectivity index (χ1v) is 9.40. The van der Waals surface area contributed by atoms with E-state index in [9.17, 15) is 9.18 Å². The van der Waals surface area contributed by atoms with Gasteiger partial charge in [0.2, 0.25) is 5.91 Å². The van der Waals surface area contributed by atoms with Crippen molar-refractivity contribution in [2.24, 2.45) is 0 Å². The van der Waals surface area contributed by atoms with E-state index in [0.29, 0.717) is 22.1 Å². The lowest BCUT2D eigenvalue weighted by molar-refractivity contribution is -0.116. The third kappa shape index (κ3) is 3.87. The van der Waals surface area contributed by atoms with E-state index in [2.05, 4.69) is 31.0 Å². The number of carbonyl (C=O) groups excluding carboxylic acids is 1. The van der Waals surface area contributed by atoms with Crippen molar-refractivity contribution in [3.05, 3.63) is 64.4 Å². The molecule has 11 heteroatoms. The Morgan fingerprint density at radius 3 is 2.80 bits per heavy atom. The van der Waals surface area contributed by atoms with Crippen LogP contribution < -0.4 is 5.32 Å². The Morgan fingerprint density at radius 2 is 2.07 bits per heavy atom. The molecule has 0 aliphatic heterocycles. The highest BCUT2D eigenvalue weighted by Crippen LogP contribution is 2.21. The second-order valence-electron chi connectivity index (χ2n) is 6.66. The second-order valence-corrected chi connectivity index (χ2v) is 7.05. The van der Waals surface area contributed by atoms with Crippen molar-refractivity contribution < 1.29 is 9.18 Å². The number of halogens is 1. The summed E-state index contributed by atoms with van der Waals surface area (Å²) in [5.74, 6) is 0.127. The molecule has 30 heavy (non-hydrogen) atoms. The van der Waals surface area contributed by atoms with Crippen molar-refractivity contribution in [1.29, 1.82) is 0 Å². The third-order valence-electron chi connectivity index (χ3n) is 4.42. The number of rotatable bonds is 5. The van der Waals surface area contributed by atoms with Crippen LogP contribution in [0.2, 0.25) is 0 Å². The zero-order valence-electron chi connectivity index (χ0n) is 16.1. The quantitative estimate of drug-likeness (QED) is 0.477. The van der Waals surface area contributed by atoms with E-state index in [1.54, 1.807) is 11.5 Å². The molecule has 0 saturated heterocycles. The van der Waals surface area contributed by atoms with Crippen molar-refractivity contribution >= 4 is 23.8 Å². The van der Waals surface area contributed by atoms with Gasteiger partial charge in [0.25, 0.3) is 0 Å². The molecule has 0 spiro atoms. The molecule has 9 nitrogen and oxygen atoms in total. The summed E-state index contributed by atoms with van der Waals surface area (Å²) in [5.41, 5.74) is 2.44. The molecule has 0 fully saturated rings. The molecule has 0 atom stereocenters. The summed E-state index contributed by atoms with van der Waals surface area (Å²) in [7, 11) is 0. The molecular weight excluding hydrogens is 407 g/mol. The highest BCUT2D eigenvalue weighted by Gasteiger charge is 2.15. The number of aryl methyl sites for hydroxylation is 2. The maximum atomic E-state index is 14.2. The lowest BCUT2D eigenvalue weighted by Crippen LogP contribution is -2.20. The van der Waals surface area contributed by atoms with Crippen LogP contribution in [0, 0.1) is 24.4 Å². The molecule has 4 rings (SSSR count). The number of aromatic nitrogens is 7. The smallest absolute Gasteiger partial charge is 0.244 e. The number of nitrogens with zero attached hydrogens (tertiary/aromatic N) is 6. The van der Waals surface area contributed by atoms with Crippen LogP contribution in [0.15, 0.2) is 42.5 Å². The lowest BCUT2D eigenvalue weighted by Gasteiger charge is -2.10. The molecule has 0 aliphatic carbocycles. The van der Waals surface area contributed by atoms with Crippen LogP contribution in [0.25, 0.3) is 17.1 Å². The van der Waals surface area contributed by atoms with E-state index in [1.165, 1.54) is 22.9 Å². The van der Waals surface area contributed by atoms with Gasteiger partial charge in [-0.2, -0.15) is 9.78 Å². The number of amides is 1. The summed E-state index contributed by atoms with van der Waals surface area (Å²) in [5, 5.41) is 20.8. The van der Waals surface area contributed by atoms with Crippen molar-refractivity contribution in [2.45, 2.75) is 20.4 Å². The Labute approximate surface area is 175 Å². The third-order valence-corrected chi connectivity index (χ3v) is 4.73. The molecule has 1 amide bonds. The molecule has 2 heterocycles. The van der Waals surface area contributed by atoms with Gasteiger partial charge in [0.05, 0.1) is 0 Å². The van der Waals surface area contributed by atoms with Crippen LogP contribution >= 0.6 is 12.2 Å². The normalized spacial score (nSPS) is 10.9. The van der Waals surface area contributed by atoms with Crippen molar-refractivity contribution in [3.63, 3.8) is 0 Å². The summed E-state index contributed by atoms with van der Waals surface area (Å²) < 4.78 is 17.4. The molecule has 2 N–H and O–H groups in total. The van der Waals surface area contributed by atoms with Crippen molar-refractivity contribution in [3.8, 4) is 17.1 Å². The van der Waals surface area contributed by atoms with E-state index in [-0.39, 0.29) is 18.1 Å². The van der Waals surface area contributed by atoms with Gasteiger partial charge in [-0.15, -0.1) is 5.10 Å². The van der Waals surface area contributed by atoms with Crippen LogP contribution in [0.3, 0.4) is 0 Å². The predicted molar refractivity (Wildman–Crippen MR) is 110 cm³/mol. The number of nitrogens with one attached hydrogen (secondary N) is 2. The Bertz CT molecular complexity index is 1290. The van der Waals surface area contributed by atoms with E-state index in [0.717, 1.165) is 11.1 Å². The average Bonchev–Trinajstić information content (AvgIpc) is 3.29. The SMILES string of the molecule is Cc1cccc(-c2n[nH]c(=S)n2CC(=O)Nc2ccc(F)c(-n3nnnc3C)c2)c1. The summed E-state index contributed by atoms with van der Waals surface area (Å²) >= 11 is 5.28. The number of benzene rings is 2. The molecule has 0 saturated carbocycles. The molecule has 0 aliphatic rings. The summed E-state index contributed by atoms with van der Waals surface area (Å²) in [6, 6.07) is 11.9. The van der Waals surface area contributed by atoms with Crippen LogP contribution in [-0.4, -0.2) is 40.9 Å². The summed E-state index contributed by atoms with van der Waals surface area (Å²) in [6.07, 6.45) is 0. The largest absolute Gasteiger partial charge is 0.324 e. The zero-order valence-corrected chi connectivity index (χ0v) is 16.9. The van der Waals surface area contributed by atoms with Gasteiger partial charge in [-0.3, -0.25) is 14.5 Å². The van der Waals surface area contributed by atoms with Gasteiger partial charge < -0.3 is 5.32 Å². The van der Waals surface area contributed by atoms with Crippen LogP contribution in [0.1, 0.15) is 11.4 Å². The van der Waals surface area contributed by atoms with Crippen LogP contribution in [-0.2, 0) is 11.3 Å². The van der Waals surface area contributed by atoms with E-state index in [1.807, 2.05) is 31.2 Å². The molecular formula is C19H17FN8OS. The monoisotopic (exact) mass is 424 g/mol. The van der Waals surface area contributed by atoms with Crippen molar-refractivity contribution in [1.82, 2.24) is 35.0 Å². The van der Waals surface area contributed by atoms with Gasteiger partial charge in [-0.05, 0) is 60.8 Å². The highest BCUT2D eigenvalue weighted by atomic mass is 32.1. The Hall–Kier alpha value is -3.73.